The fraction of sp³-hybridized carbons (Fsp3) is 0.222. The fourth-order valence-electron chi connectivity index (χ4n) is 2.50. The second-order valence-corrected chi connectivity index (χ2v) is 5.42. The molecule has 0 spiro atoms. The molecule has 0 aliphatic heterocycles. The number of aryl methyl sites for hydroxylation is 2. The van der Waals surface area contributed by atoms with Crippen LogP contribution in [0.3, 0.4) is 0 Å². The number of rotatable bonds is 4. The molecule has 3 rings (SSSR count). The van der Waals surface area contributed by atoms with E-state index in [1.165, 1.54) is 0 Å². The maximum absolute atomic E-state index is 12.3. The summed E-state index contributed by atoms with van der Waals surface area (Å²) in [6.07, 6.45) is 4.28. The number of amides is 1. The second-order valence-electron chi connectivity index (χ2n) is 5.42. The highest BCUT2D eigenvalue weighted by molar-refractivity contribution is 5.99. The molecule has 4 heteroatoms. The van der Waals surface area contributed by atoms with Crippen molar-refractivity contribution in [1.82, 2.24) is 10.3 Å². The summed E-state index contributed by atoms with van der Waals surface area (Å²) in [5.74, 6) is 0.232. The van der Waals surface area contributed by atoms with Crippen LogP contribution < -0.4 is 5.32 Å². The number of fused-ring (bicyclic) bond motifs is 1. The van der Waals surface area contributed by atoms with Crippen LogP contribution in [0.4, 0.5) is 0 Å². The van der Waals surface area contributed by atoms with E-state index >= 15 is 0 Å². The normalized spacial score (nSPS) is 10.8. The first-order valence-electron chi connectivity index (χ1n) is 7.32. The van der Waals surface area contributed by atoms with Crippen molar-refractivity contribution >= 4 is 16.9 Å². The number of furan rings is 1. The average Bonchev–Trinajstić information content (AvgIpc) is 2.85. The van der Waals surface area contributed by atoms with Gasteiger partial charge >= 0.3 is 0 Å². The molecule has 0 aliphatic carbocycles. The first-order valence-corrected chi connectivity index (χ1v) is 7.32. The summed E-state index contributed by atoms with van der Waals surface area (Å²) in [5.41, 5.74) is 3.94. The quantitative estimate of drug-likeness (QED) is 0.802. The minimum atomic E-state index is -0.166. The van der Waals surface area contributed by atoms with Gasteiger partial charge in [-0.15, -0.1) is 0 Å². The highest BCUT2D eigenvalue weighted by Gasteiger charge is 2.17. The zero-order valence-corrected chi connectivity index (χ0v) is 12.7. The summed E-state index contributed by atoms with van der Waals surface area (Å²) < 4.78 is 5.70. The summed E-state index contributed by atoms with van der Waals surface area (Å²) >= 11 is 0. The Labute approximate surface area is 129 Å². The van der Waals surface area contributed by atoms with Gasteiger partial charge in [0.05, 0.1) is 0 Å². The van der Waals surface area contributed by atoms with Gasteiger partial charge in [-0.05, 0) is 50.1 Å². The average molecular weight is 294 g/mol. The first kappa shape index (κ1) is 14.3. The SMILES string of the molecule is Cc1ccc2oc(C(=O)NCCc3ccncc3)c(C)c2c1. The van der Waals surface area contributed by atoms with Crippen LogP contribution in [0.1, 0.15) is 27.2 Å². The molecule has 0 aliphatic rings. The number of pyridine rings is 1. The molecule has 2 heterocycles. The van der Waals surface area contributed by atoms with Crippen molar-refractivity contribution in [3.8, 4) is 0 Å². The molecular formula is C18H18N2O2. The van der Waals surface area contributed by atoms with Crippen molar-refractivity contribution < 1.29 is 9.21 Å². The molecule has 0 radical (unpaired) electrons. The number of hydrogen-bond acceptors (Lipinski definition) is 3. The molecule has 0 fully saturated rings. The lowest BCUT2D eigenvalue weighted by Gasteiger charge is -2.04. The Balaban J connectivity index is 1.71. The first-order chi connectivity index (χ1) is 10.6. The van der Waals surface area contributed by atoms with E-state index in [-0.39, 0.29) is 5.91 Å². The topological polar surface area (TPSA) is 55.1 Å². The van der Waals surface area contributed by atoms with Crippen molar-refractivity contribution in [3.05, 3.63) is 65.2 Å². The van der Waals surface area contributed by atoms with E-state index in [9.17, 15) is 4.79 Å². The lowest BCUT2D eigenvalue weighted by Crippen LogP contribution is -2.25. The predicted octanol–water partition coefficient (Wildman–Crippen LogP) is 3.42. The van der Waals surface area contributed by atoms with Crippen LogP contribution in [0.15, 0.2) is 47.1 Å². The zero-order chi connectivity index (χ0) is 15.5. The van der Waals surface area contributed by atoms with E-state index in [1.54, 1.807) is 12.4 Å². The van der Waals surface area contributed by atoms with Crippen LogP contribution in [0.5, 0.6) is 0 Å². The molecule has 3 aromatic rings. The molecule has 112 valence electrons. The van der Waals surface area contributed by atoms with Gasteiger partial charge in [-0.2, -0.15) is 0 Å². The lowest BCUT2D eigenvalue weighted by molar-refractivity contribution is 0.0928. The minimum absolute atomic E-state index is 0.166. The molecule has 22 heavy (non-hydrogen) atoms. The van der Waals surface area contributed by atoms with Crippen LogP contribution in [-0.2, 0) is 6.42 Å². The molecule has 0 saturated carbocycles. The second kappa shape index (κ2) is 6.02. The summed E-state index contributed by atoms with van der Waals surface area (Å²) in [7, 11) is 0. The number of aromatic nitrogens is 1. The monoisotopic (exact) mass is 294 g/mol. The van der Waals surface area contributed by atoms with Gasteiger partial charge in [0.2, 0.25) is 0 Å². The third kappa shape index (κ3) is 2.86. The molecule has 0 saturated heterocycles. The predicted molar refractivity (Wildman–Crippen MR) is 86.0 cm³/mol. The molecule has 0 unspecified atom stereocenters. The van der Waals surface area contributed by atoms with Gasteiger partial charge in [0.1, 0.15) is 5.58 Å². The van der Waals surface area contributed by atoms with Crippen molar-refractivity contribution in [2.75, 3.05) is 6.54 Å². The Bertz CT molecular complexity index is 807. The van der Waals surface area contributed by atoms with Crippen LogP contribution in [0, 0.1) is 13.8 Å². The Morgan fingerprint density at radius 3 is 2.73 bits per heavy atom. The Hall–Kier alpha value is -2.62. The molecule has 2 aromatic heterocycles. The third-order valence-corrected chi connectivity index (χ3v) is 3.75. The number of carbonyl (C=O) groups is 1. The number of nitrogens with zero attached hydrogens (tertiary/aromatic N) is 1. The summed E-state index contributed by atoms with van der Waals surface area (Å²) in [6, 6.07) is 9.83. The van der Waals surface area contributed by atoms with Crippen LogP contribution in [0.25, 0.3) is 11.0 Å². The summed E-state index contributed by atoms with van der Waals surface area (Å²) in [5, 5.41) is 3.91. The van der Waals surface area contributed by atoms with Crippen molar-refractivity contribution in [2.24, 2.45) is 0 Å². The maximum atomic E-state index is 12.3. The van der Waals surface area contributed by atoms with Crippen molar-refractivity contribution in [2.45, 2.75) is 20.3 Å². The van der Waals surface area contributed by atoms with E-state index in [0.29, 0.717) is 12.3 Å². The molecule has 1 aromatic carbocycles. The van der Waals surface area contributed by atoms with E-state index in [0.717, 1.165) is 34.1 Å². The number of benzene rings is 1. The number of carbonyl (C=O) groups excluding carboxylic acids is 1. The number of hydrogen-bond donors (Lipinski definition) is 1. The van der Waals surface area contributed by atoms with Gasteiger partial charge in [0, 0.05) is 29.9 Å². The van der Waals surface area contributed by atoms with Gasteiger partial charge in [-0.25, -0.2) is 0 Å². The van der Waals surface area contributed by atoms with Crippen LogP contribution in [0.2, 0.25) is 0 Å². The Morgan fingerprint density at radius 2 is 1.95 bits per heavy atom. The third-order valence-electron chi connectivity index (χ3n) is 3.75. The van der Waals surface area contributed by atoms with Gasteiger partial charge in [-0.1, -0.05) is 11.6 Å². The largest absolute Gasteiger partial charge is 0.451 e. The van der Waals surface area contributed by atoms with Gasteiger partial charge in [0.25, 0.3) is 5.91 Å². The lowest BCUT2D eigenvalue weighted by atomic mass is 10.1. The molecule has 1 amide bonds. The zero-order valence-electron chi connectivity index (χ0n) is 12.7. The van der Waals surface area contributed by atoms with Crippen molar-refractivity contribution in [1.29, 1.82) is 0 Å². The smallest absolute Gasteiger partial charge is 0.287 e. The van der Waals surface area contributed by atoms with Crippen LogP contribution in [-0.4, -0.2) is 17.4 Å². The van der Waals surface area contributed by atoms with E-state index in [4.69, 9.17) is 4.42 Å². The Kier molecular flexibility index (Phi) is 3.92. The summed E-state index contributed by atoms with van der Waals surface area (Å²) in [6.45, 7) is 4.52. The molecule has 4 nitrogen and oxygen atoms in total. The van der Waals surface area contributed by atoms with Crippen molar-refractivity contribution in [3.63, 3.8) is 0 Å². The molecule has 1 N–H and O–H groups in total. The fourth-order valence-corrected chi connectivity index (χ4v) is 2.50. The minimum Gasteiger partial charge on any atom is -0.451 e. The van der Waals surface area contributed by atoms with Gasteiger partial charge in [0.15, 0.2) is 5.76 Å². The van der Waals surface area contributed by atoms with Gasteiger partial charge in [-0.3, -0.25) is 9.78 Å². The standard InChI is InChI=1S/C18H18N2O2/c1-12-3-4-16-15(11-12)13(2)17(22-16)18(21)20-10-7-14-5-8-19-9-6-14/h3-6,8-9,11H,7,10H2,1-2H3,(H,20,21). The highest BCUT2D eigenvalue weighted by atomic mass is 16.3. The highest BCUT2D eigenvalue weighted by Crippen LogP contribution is 2.26. The maximum Gasteiger partial charge on any atom is 0.287 e. The summed E-state index contributed by atoms with van der Waals surface area (Å²) in [4.78, 5) is 16.3. The van der Waals surface area contributed by atoms with Crippen LogP contribution >= 0.6 is 0 Å². The molecular weight excluding hydrogens is 276 g/mol. The Morgan fingerprint density at radius 1 is 1.18 bits per heavy atom. The number of nitrogens with one attached hydrogen (secondary N) is 1. The van der Waals surface area contributed by atoms with E-state index in [2.05, 4.69) is 10.3 Å². The molecule has 0 atom stereocenters. The molecule has 0 bridgehead atoms. The van der Waals surface area contributed by atoms with Gasteiger partial charge < -0.3 is 9.73 Å². The van der Waals surface area contributed by atoms with E-state index in [1.807, 2.05) is 44.2 Å². The van der Waals surface area contributed by atoms with E-state index < -0.39 is 0 Å².